The number of rotatable bonds is 9. The average molecular weight is 592 g/mol. The molecule has 11 heteroatoms. The maximum absolute atomic E-state index is 12.7. The zero-order chi connectivity index (χ0) is 24.0. The van der Waals surface area contributed by atoms with E-state index in [1.807, 2.05) is 32.3 Å². The fraction of sp³-hybridized carbons (Fsp3) is 0.273. The Kier molecular flexibility index (Phi) is 8.60. The Morgan fingerprint density at radius 2 is 1.88 bits per heavy atom. The van der Waals surface area contributed by atoms with E-state index in [4.69, 9.17) is 11.6 Å². The predicted octanol–water partition coefficient (Wildman–Crippen LogP) is 6.41. The summed E-state index contributed by atoms with van der Waals surface area (Å²) in [5, 5.41) is 6.86. The van der Waals surface area contributed by atoms with Gasteiger partial charge < -0.3 is 20.3 Å². The summed E-state index contributed by atoms with van der Waals surface area (Å²) in [5.74, 6) is 0.465. The van der Waals surface area contributed by atoms with Gasteiger partial charge in [-0.25, -0.2) is 4.98 Å². The molecule has 33 heavy (non-hydrogen) atoms. The number of hydrogen-bond acceptors (Lipinski definition) is 6. The van der Waals surface area contributed by atoms with Gasteiger partial charge in [-0.2, -0.15) is 4.98 Å². The van der Waals surface area contributed by atoms with Crippen LogP contribution in [0.1, 0.15) is 6.42 Å². The molecule has 0 atom stereocenters. The Labute approximate surface area is 208 Å². The van der Waals surface area contributed by atoms with Gasteiger partial charge >= 0.3 is 6.36 Å². The summed E-state index contributed by atoms with van der Waals surface area (Å²) in [5.41, 5.74) is 1.53. The van der Waals surface area contributed by atoms with Crippen LogP contribution in [0.25, 0.3) is 11.3 Å². The first kappa shape index (κ1) is 25.3. The van der Waals surface area contributed by atoms with Crippen molar-refractivity contribution >= 4 is 51.6 Å². The molecule has 0 aliphatic carbocycles. The van der Waals surface area contributed by atoms with Crippen LogP contribution in [0.5, 0.6) is 5.75 Å². The lowest BCUT2D eigenvalue weighted by molar-refractivity contribution is -0.274. The van der Waals surface area contributed by atoms with E-state index in [-0.39, 0.29) is 5.75 Å². The van der Waals surface area contributed by atoms with Gasteiger partial charge in [-0.05, 0) is 80.0 Å². The first-order valence-electron chi connectivity index (χ1n) is 9.95. The van der Waals surface area contributed by atoms with Crippen LogP contribution in [-0.2, 0) is 0 Å². The van der Waals surface area contributed by atoms with Crippen LogP contribution in [0.15, 0.2) is 48.5 Å². The normalized spacial score (nSPS) is 11.5. The lowest BCUT2D eigenvalue weighted by atomic mass is 10.1. The van der Waals surface area contributed by atoms with Gasteiger partial charge in [0.05, 0.1) is 16.4 Å². The van der Waals surface area contributed by atoms with Crippen LogP contribution >= 0.6 is 34.2 Å². The molecule has 0 unspecified atom stereocenters. The summed E-state index contributed by atoms with van der Waals surface area (Å²) in [4.78, 5) is 11.1. The standard InChI is InChI=1S/C22H22ClF3IN5O/c1-32(2)10-4-9-28-21-30-19(14-5-3-6-16(11-14)33-22(24,25)26)13-20(31-21)29-18-8-7-15(27)12-17(18)23/h3,5-8,11-13H,4,9-10H2,1-2H3,(H2,28,29,30,31). The van der Waals surface area contributed by atoms with E-state index < -0.39 is 6.36 Å². The Hall–Kier alpha value is -2.31. The highest BCUT2D eigenvalue weighted by atomic mass is 127. The number of hydrogen-bond donors (Lipinski definition) is 2. The van der Waals surface area contributed by atoms with Gasteiger partial charge in [0.15, 0.2) is 0 Å². The molecule has 6 nitrogen and oxygen atoms in total. The number of benzene rings is 2. The van der Waals surface area contributed by atoms with Crippen molar-refractivity contribution in [3.8, 4) is 17.0 Å². The molecule has 2 aromatic carbocycles. The van der Waals surface area contributed by atoms with Crippen molar-refractivity contribution in [3.05, 3.63) is 57.1 Å². The molecule has 0 aliphatic heterocycles. The van der Waals surface area contributed by atoms with Crippen molar-refractivity contribution in [2.24, 2.45) is 0 Å². The van der Waals surface area contributed by atoms with Crippen LogP contribution < -0.4 is 15.4 Å². The summed E-state index contributed by atoms with van der Waals surface area (Å²) in [7, 11) is 3.97. The second-order valence-corrected chi connectivity index (χ2v) is 9.02. The largest absolute Gasteiger partial charge is 0.573 e. The van der Waals surface area contributed by atoms with Gasteiger partial charge in [0.2, 0.25) is 5.95 Å². The molecule has 0 fully saturated rings. The van der Waals surface area contributed by atoms with E-state index in [9.17, 15) is 13.2 Å². The minimum Gasteiger partial charge on any atom is -0.406 e. The van der Waals surface area contributed by atoms with Gasteiger partial charge in [0, 0.05) is 21.7 Å². The molecule has 2 N–H and O–H groups in total. The van der Waals surface area contributed by atoms with Crippen LogP contribution in [0.3, 0.4) is 0 Å². The van der Waals surface area contributed by atoms with Crippen LogP contribution in [0, 0.1) is 3.57 Å². The van der Waals surface area contributed by atoms with Crippen molar-refractivity contribution in [2.75, 3.05) is 37.8 Å². The summed E-state index contributed by atoms with van der Waals surface area (Å²) in [6.07, 6.45) is -3.92. The smallest absolute Gasteiger partial charge is 0.406 e. The molecular formula is C22H22ClF3IN5O. The predicted molar refractivity (Wildman–Crippen MR) is 133 cm³/mol. The molecular weight excluding hydrogens is 570 g/mol. The lowest BCUT2D eigenvalue weighted by Crippen LogP contribution is -2.17. The molecule has 0 saturated carbocycles. The number of anilines is 3. The van der Waals surface area contributed by atoms with Crippen LogP contribution in [0.4, 0.5) is 30.6 Å². The third-order valence-corrected chi connectivity index (χ3v) is 5.33. The van der Waals surface area contributed by atoms with Crippen molar-refractivity contribution in [2.45, 2.75) is 12.8 Å². The van der Waals surface area contributed by atoms with E-state index in [0.29, 0.717) is 40.3 Å². The van der Waals surface area contributed by atoms with E-state index in [0.717, 1.165) is 16.5 Å². The van der Waals surface area contributed by atoms with Gasteiger partial charge in [0.25, 0.3) is 0 Å². The number of nitrogens with one attached hydrogen (secondary N) is 2. The Morgan fingerprint density at radius 3 is 2.58 bits per heavy atom. The van der Waals surface area contributed by atoms with E-state index >= 15 is 0 Å². The molecule has 1 heterocycles. The van der Waals surface area contributed by atoms with Crippen LogP contribution in [-0.4, -0.2) is 48.4 Å². The Balaban J connectivity index is 1.92. The topological polar surface area (TPSA) is 62.3 Å². The fourth-order valence-corrected chi connectivity index (χ4v) is 3.82. The zero-order valence-electron chi connectivity index (χ0n) is 17.9. The summed E-state index contributed by atoms with van der Waals surface area (Å²) in [6.45, 7) is 1.51. The first-order chi connectivity index (χ1) is 15.6. The molecule has 1 aromatic heterocycles. The van der Waals surface area contributed by atoms with Gasteiger partial charge in [-0.1, -0.05) is 23.7 Å². The minimum absolute atomic E-state index is 0.325. The van der Waals surface area contributed by atoms with Gasteiger partial charge in [-0.3, -0.25) is 0 Å². The minimum atomic E-state index is -4.78. The number of ether oxygens (including phenoxy) is 1. The van der Waals surface area contributed by atoms with Crippen LogP contribution in [0.2, 0.25) is 5.02 Å². The summed E-state index contributed by atoms with van der Waals surface area (Å²) >= 11 is 8.50. The SMILES string of the molecule is CN(C)CCCNc1nc(Nc2ccc(I)cc2Cl)cc(-c2cccc(OC(F)(F)F)c2)n1. The highest BCUT2D eigenvalue weighted by Crippen LogP contribution is 2.31. The van der Waals surface area contributed by atoms with Crippen molar-refractivity contribution in [3.63, 3.8) is 0 Å². The summed E-state index contributed by atoms with van der Waals surface area (Å²) < 4.78 is 43.0. The lowest BCUT2D eigenvalue weighted by Gasteiger charge is -2.14. The average Bonchev–Trinajstić information content (AvgIpc) is 2.72. The zero-order valence-corrected chi connectivity index (χ0v) is 20.8. The molecule has 176 valence electrons. The molecule has 0 amide bonds. The monoisotopic (exact) mass is 591 g/mol. The highest BCUT2D eigenvalue weighted by molar-refractivity contribution is 14.1. The van der Waals surface area contributed by atoms with E-state index in [2.05, 4.69) is 52.8 Å². The highest BCUT2D eigenvalue weighted by Gasteiger charge is 2.31. The quantitative estimate of drug-likeness (QED) is 0.222. The van der Waals surface area contributed by atoms with Gasteiger partial charge in [-0.15, -0.1) is 13.2 Å². The molecule has 0 radical (unpaired) electrons. The summed E-state index contributed by atoms with van der Waals surface area (Å²) in [6, 6.07) is 12.8. The third kappa shape index (κ3) is 8.20. The number of nitrogens with zero attached hydrogens (tertiary/aromatic N) is 3. The molecule has 3 rings (SSSR count). The second kappa shape index (κ2) is 11.2. The maximum atomic E-state index is 12.7. The van der Waals surface area contributed by atoms with Crippen molar-refractivity contribution in [1.29, 1.82) is 0 Å². The Morgan fingerprint density at radius 1 is 1.09 bits per heavy atom. The molecule has 0 aliphatic rings. The maximum Gasteiger partial charge on any atom is 0.573 e. The van der Waals surface area contributed by atoms with E-state index in [1.54, 1.807) is 12.1 Å². The number of alkyl halides is 3. The first-order valence-corrected chi connectivity index (χ1v) is 11.4. The Bertz CT molecular complexity index is 1100. The van der Waals surface area contributed by atoms with Crippen molar-refractivity contribution < 1.29 is 17.9 Å². The molecule has 3 aromatic rings. The number of halogens is 5. The van der Waals surface area contributed by atoms with E-state index in [1.165, 1.54) is 18.2 Å². The van der Waals surface area contributed by atoms with Crippen molar-refractivity contribution in [1.82, 2.24) is 14.9 Å². The molecule has 0 bridgehead atoms. The molecule has 0 spiro atoms. The second-order valence-electron chi connectivity index (χ2n) is 7.37. The van der Waals surface area contributed by atoms with Gasteiger partial charge in [0.1, 0.15) is 11.6 Å². The molecule has 0 saturated heterocycles. The number of aromatic nitrogens is 2. The third-order valence-electron chi connectivity index (χ3n) is 4.35. The fourth-order valence-electron chi connectivity index (χ4n) is 2.92.